The second-order valence-corrected chi connectivity index (χ2v) is 6.93. The van der Waals surface area contributed by atoms with Crippen LogP contribution in [-0.4, -0.2) is 29.6 Å². The van der Waals surface area contributed by atoms with Gasteiger partial charge in [0, 0.05) is 35.2 Å². The molecule has 1 aliphatic rings. The third-order valence-corrected chi connectivity index (χ3v) is 4.97. The lowest BCUT2D eigenvalue weighted by Crippen LogP contribution is -2.31. The molecular weight excluding hydrogens is 290 g/mol. The van der Waals surface area contributed by atoms with Crippen LogP contribution >= 0.6 is 23.4 Å². The van der Waals surface area contributed by atoms with E-state index in [0.29, 0.717) is 5.25 Å². The molecule has 2 nitrogen and oxygen atoms in total. The van der Waals surface area contributed by atoms with Gasteiger partial charge in [0.25, 0.3) is 0 Å². The second kappa shape index (κ2) is 7.19. The highest BCUT2D eigenvalue weighted by Crippen LogP contribution is 2.37. The molecule has 1 aromatic rings. The van der Waals surface area contributed by atoms with Gasteiger partial charge in [-0.15, -0.1) is 0 Å². The number of hydrogen-bond acceptors (Lipinski definition) is 2. The molecular formula is C16H20ClNOS. The van der Waals surface area contributed by atoms with Gasteiger partial charge in [-0.25, -0.2) is 0 Å². The van der Waals surface area contributed by atoms with E-state index in [0.717, 1.165) is 35.9 Å². The van der Waals surface area contributed by atoms with Crippen LogP contribution in [0.5, 0.6) is 0 Å². The molecule has 1 atom stereocenters. The van der Waals surface area contributed by atoms with E-state index in [1.54, 1.807) is 6.08 Å². The van der Waals surface area contributed by atoms with Crippen LogP contribution in [0.25, 0.3) is 0 Å². The minimum atomic E-state index is 0.130. The quantitative estimate of drug-likeness (QED) is 0.759. The lowest BCUT2D eigenvalue weighted by molar-refractivity contribution is -0.125. The molecule has 0 bridgehead atoms. The van der Waals surface area contributed by atoms with Crippen molar-refractivity contribution in [3.63, 3.8) is 0 Å². The molecule has 2 rings (SSSR count). The Kier molecular flexibility index (Phi) is 5.55. The first-order valence-corrected chi connectivity index (χ1v) is 8.30. The van der Waals surface area contributed by atoms with Crippen molar-refractivity contribution in [1.82, 2.24) is 4.90 Å². The van der Waals surface area contributed by atoms with Crippen LogP contribution in [0, 0.1) is 0 Å². The van der Waals surface area contributed by atoms with Crippen molar-refractivity contribution in [2.45, 2.75) is 25.5 Å². The average Bonchev–Trinajstić information content (AvgIpc) is 2.64. The molecule has 1 fully saturated rings. The predicted molar refractivity (Wildman–Crippen MR) is 87.3 cm³/mol. The number of hydrogen-bond donors (Lipinski definition) is 0. The summed E-state index contributed by atoms with van der Waals surface area (Å²) in [7, 11) is 0. The maximum absolute atomic E-state index is 12.1. The van der Waals surface area contributed by atoms with Crippen molar-refractivity contribution >= 4 is 29.3 Å². The van der Waals surface area contributed by atoms with Gasteiger partial charge in [-0.3, -0.25) is 4.79 Å². The van der Waals surface area contributed by atoms with Gasteiger partial charge in [0.1, 0.15) is 0 Å². The predicted octanol–water partition coefficient (Wildman–Crippen LogP) is 4.31. The van der Waals surface area contributed by atoms with Gasteiger partial charge in [-0.2, -0.15) is 11.8 Å². The molecule has 0 N–H and O–H groups in total. The third kappa shape index (κ3) is 4.03. The Morgan fingerprint density at radius 1 is 1.35 bits per heavy atom. The number of benzene rings is 1. The molecule has 4 heteroatoms. The number of carbonyl (C=O) groups is 1. The zero-order valence-electron chi connectivity index (χ0n) is 11.9. The standard InChI is InChI=1S/C16H20ClNOS/c1-12(2)11-16(19)18-8-7-15(20-10-9-18)13-5-3-4-6-14(13)17/h3-6,11,15H,7-10H2,1-2H3/t15-/m1/s1. The molecule has 1 aliphatic heterocycles. The highest BCUT2D eigenvalue weighted by Gasteiger charge is 2.22. The minimum absolute atomic E-state index is 0.130. The fourth-order valence-electron chi connectivity index (χ4n) is 2.31. The summed E-state index contributed by atoms with van der Waals surface area (Å²) < 4.78 is 0. The number of halogens is 1. The van der Waals surface area contributed by atoms with E-state index in [1.165, 1.54) is 5.56 Å². The van der Waals surface area contributed by atoms with E-state index in [-0.39, 0.29) is 5.91 Å². The number of thioether (sulfide) groups is 1. The van der Waals surface area contributed by atoms with Crippen LogP contribution in [0.4, 0.5) is 0 Å². The van der Waals surface area contributed by atoms with Crippen molar-refractivity contribution < 1.29 is 4.79 Å². The number of rotatable bonds is 2. The molecule has 108 valence electrons. The highest BCUT2D eigenvalue weighted by atomic mass is 35.5. The third-order valence-electron chi connectivity index (χ3n) is 3.32. The number of amides is 1. The maximum atomic E-state index is 12.1. The maximum Gasteiger partial charge on any atom is 0.246 e. The lowest BCUT2D eigenvalue weighted by Gasteiger charge is -2.19. The fourth-order valence-corrected chi connectivity index (χ4v) is 3.91. The van der Waals surface area contributed by atoms with E-state index in [4.69, 9.17) is 11.6 Å². The Hall–Kier alpha value is -0.930. The second-order valence-electron chi connectivity index (χ2n) is 5.22. The molecule has 1 aromatic carbocycles. The van der Waals surface area contributed by atoms with Crippen molar-refractivity contribution in [3.8, 4) is 0 Å². The van der Waals surface area contributed by atoms with Crippen LogP contribution in [0.3, 0.4) is 0 Å². The lowest BCUT2D eigenvalue weighted by atomic mass is 10.1. The van der Waals surface area contributed by atoms with Gasteiger partial charge in [0.15, 0.2) is 0 Å². The van der Waals surface area contributed by atoms with Gasteiger partial charge in [-0.05, 0) is 31.9 Å². The van der Waals surface area contributed by atoms with Gasteiger partial charge < -0.3 is 4.90 Å². The number of nitrogens with zero attached hydrogens (tertiary/aromatic N) is 1. The molecule has 0 radical (unpaired) electrons. The highest BCUT2D eigenvalue weighted by molar-refractivity contribution is 7.99. The summed E-state index contributed by atoms with van der Waals surface area (Å²) in [6.07, 6.45) is 2.68. The molecule has 1 heterocycles. The Bertz CT molecular complexity index is 511. The van der Waals surface area contributed by atoms with Crippen LogP contribution in [0.2, 0.25) is 5.02 Å². The number of carbonyl (C=O) groups excluding carboxylic acids is 1. The van der Waals surface area contributed by atoms with Crippen molar-refractivity contribution in [2.75, 3.05) is 18.8 Å². The Morgan fingerprint density at radius 3 is 2.80 bits per heavy atom. The molecule has 0 aliphatic carbocycles. The van der Waals surface area contributed by atoms with Gasteiger partial charge in [-0.1, -0.05) is 35.4 Å². The molecule has 1 amide bonds. The summed E-state index contributed by atoms with van der Waals surface area (Å²) in [6.45, 7) is 5.52. The topological polar surface area (TPSA) is 20.3 Å². The largest absolute Gasteiger partial charge is 0.338 e. The van der Waals surface area contributed by atoms with E-state index < -0.39 is 0 Å². The Morgan fingerprint density at radius 2 is 2.10 bits per heavy atom. The smallest absolute Gasteiger partial charge is 0.246 e. The first kappa shape index (κ1) is 15.5. The van der Waals surface area contributed by atoms with E-state index in [9.17, 15) is 4.79 Å². The summed E-state index contributed by atoms with van der Waals surface area (Å²) in [5, 5.41) is 1.21. The molecule has 0 spiro atoms. The SMILES string of the molecule is CC(C)=CC(=O)N1CCS[C@@H](c2ccccc2Cl)CC1. The molecule has 0 saturated carbocycles. The summed E-state index contributed by atoms with van der Waals surface area (Å²) >= 11 is 8.17. The van der Waals surface area contributed by atoms with Crippen molar-refractivity contribution in [1.29, 1.82) is 0 Å². The van der Waals surface area contributed by atoms with E-state index in [2.05, 4.69) is 6.07 Å². The summed E-state index contributed by atoms with van der Waals surface area (Å²) in [5.74, 6) is 1.09. The minimum Gasteiger partial charge on any atom is -0.338 e. The van der Waals surface area contributed by atoms with Crippen LogP contribution in [0.1, 0.15) is 31.1 Å². The average molecular weight is 310 g/mol. The molecule has 0 aromatic heterocycles. The van der Waals surface area contributed by atoms with E-state index >= 15 is 0 Å². The van der Waals surface area contributed by atoms with Crippen molar-refractivity contribution in [3.05, 3.63) is 46.5 Å². The first-order valence-electron chi connectivity index (χ1n) is 6.88. The zero-order chi connectivity index (χ0) is 14.5. The zero-order valence-corrected chi connectivity index (χ0v) is 13.5. The summed E-state index contributed by atoms with van der Waals surface area (Å²) in [6, 6.07) is 8.01. The normalized spacial score (nSPS) is 19.4. The van der Waals surface area contributed by atoms with Gasteiger partial charge in [0.2, 0.25) is 5.91 Å². The van der Waals surface area contributed by atoms with Gasteiger partial charge >= 0.3 is 0 Å². The molecule has 20 heavy (non-hydrogen) atoms. The Labute approximate surface area is 130 Å². The first-order chi connectivity index (χ1) is 9.58. The summed E-state index contributed by atoms with van der Waals surface area (Å²) in [5.41, 5.74) is 2.24. The molecule has 1 saturated heterocycles. The molecule has 0 unspecified atom stereocenters. The van der Waals surface area contributed by atoms with Crippen LogP contribution < -0.4 is 0 Å². The van der Waals surface area contributed by atoms with Gasteiger partial charge in [0.05, 0.1) is 0 Å². The fraction of sp³-hybridized carbons (Fsp3) is 0.438. The van der Waals surface area contributed by atoms with Crippen LogP contribution in [0.15, 0.2) is 35.9 Å². The van der Waals surface area contributed by atoms with Crippen molar-refractivity contribution in [2.24, 2.45) is 0 Å². The number of allylic oxidation sites excluding steroid dienone is 1. The summed E-state index contributed by atoms with van der Waals surface area (Å²) in [4.78, 5) is 14.0. The van der Waals surface area contributed by atoms with Crippen LogP contribution in [-0.2, 0) is 4.79 Å². The Balaban J connectivity index is 2.04. The monoisotopic (exact) mass is 309 g/mol. The van der Waals surface area contributed by atoms with E-state index in [1.807, 2.05) is 48.7 Å².